The van der Waals surface area contributed by atoms with Crippen LogP contribution in [-0.4, -0.2) is 28.1 Å². The molecule has 0 saturated carbocycles. The van der Waals surface area contributed by atoms with E-state index in [0.717, 1.165) is 0 Å². The molecule has 0 aliphatic carbocycles. The summed E-state index contributed by atoms with van der Waals surface area (Å²) in [6.45, 7) is 0. The predicted molar refractivity (Wildman–Crippen MR) is 94.8 cm³/mol. The summed E-state index contributed by atoms with van der Waals surface area (Å²) in [7, 11) is 0. The first-order valence-electron chi connectivity index (χ1n) is 6.86. The van der Waals surface area contributed by atoms with E-state index in [9.17, 15) is 19.7 Å². The number of nitrogens with one attached hydrogen (secondary N) is 1. The third-order valence-corrected chi connectivity index (χ3v) is 4.18. The topological polar surface area (TPSA) is 89.3 Å². The summed E-state index contributed by atoms with van der Waals surface area (Å²) in [6.07, 6.45) is 0. The van der Waals surface area contributed by atoms with Crippen LogP contribution in [0.15, 0.2) is 48.5 Å². The van der Waals surface area contributed by atoms with Gasteiger partial charge in [-0.1, -0.05) is 11.6 Å². The van der Waals surface area contributed by atoms with E-state index in [4.69, 9.17) is 11.6 Å². The number of hydrogen-bond acceptors (Lipinski definition) is 5. The number of carbonyl (C=O) groups excluding carboxylic acids is 2. The van der Waals surface area contributed by atoms with Crippen LogP contribution in [0.25, 0.3) is 0 Å². The van der Waals surface area contributed by atoms with Crippen LogP contribution >= 0.6 is 23.4 Å². The molecule has 0 heterocycles. The number of hydrogen-bond donors (Lipinski definition) is 1. The van der Waals surface area contributed by atoms with Gasteiger partial charge in [0.15, 0.2) is 5.78 Å². The lowest BCUT2D eigenvalue weighted by molar-refractivity contribution is -0.384. The normalized spacial score (nSPS) is 10.2. The van der Waals surface area contributed by atoms with Crippen molar-refractivity contribution in [1.29, 1.82) is 0 Å². The molecule has 0 unspecified atom stereocenters. The van der Waals surface area contributed by atoms with Gasteiger partial charge in [0.2, 0.25) is 5.91 Å². The summed E-state index contributed by atoms with van der Waals surface area (Å²) in [5.74, 6) is -0.166. The maximum absolute atomic E-state index is 12.0. The molecule has 0 bridgehead atoms. The summed E-state index contributed by atoms with van der Waals surface area (Å²) in [5.41, 5.74) is 0.944. The van der Waals surface area contributed by atoms with Crippen LogP contribution in [0.1, 0.15) is 10.4 Å². The third-order valence-electron chi connectivity index (χ3n) is 2.99. The van der Waals surface area contributed by atoms with Crippen LogP contribution in [0.2, 0.25) is 5.02 Å². The number of benzene rings is 2. The van der Waals surface area contributed by atoms with Gasteiger partial charge in [-0.15, -0.1) is 11.8 Å². The van der Waals surface area contributed by atoms with Crippen LogP contribution in [-0.2, 0) is 4.79 Å². The smallest absolute Gasteiger partial charge is 0.269 e. The average Bonchev–Trinajstić information content (AvgIpc) is 2.57. The number of nitrogens with zero attached hydrogens (tertiary/aromatic N) is 1. The molecule has 0 fully saturated rings. The average molecular weight is 365 g/mol. The third kappa shape index (κ3) is 5.36. The number of ketones is 1. The lowest BCUT2D eigenvalue weighted by Gasteiger charge is -2.05. The minimum absolute atomic E-state index is 0.0680. The van der Waals surface area contributed by atoms with E-state index < -0.39 is 4.92 Å². The van der Waals surface area contributed by atoms with Gasteiger partial charge in [-0.3, -0.25) is 19.7 Å². The Balaban J connectivity index is 1.78. The lowest BCUT2D eigenvalue weighted by Crippen LogP contribution is -2.15. The van der Waals surface area contributed by atoms with Gasteiger partial charge < -0.3 is 5.32 Å². The zero-order valence-electron chi connectivity index (χ0n) is 12.4. The van der Waals surface area contributed by atoms with Gasteiger partial charge in [0.05, 0.1) is 16.4 Å². The van der Waals surface area contributed by atoms with Crippen molar-refractivity contribution < 1.29 is 14.5 Å². The number of anilines is 1. The van der Waals surface area contributed by atoms with Crippen LogP contribution in [0.4, 0.5) is 11.4 Å². The van der Waals surface area contributed by atoms with Gasteiger partial charge in [-0.05, 0) is 36.4 Å². The number of halogens is 1. The van der Waals surface area contributed by atoms with Crippen LogP contribution in [0, 0.1) is 10.1 Å². The Morgan fingerprint density at radius 2 is 1.67 bits per heavy atom. The number of carbonyl (C=O) groups is 2. The molecule has 6 nitrogen and oxygen atoms in total. The van der Waals surface area contributed by atoms with E-state index >= 15 is 0 Å². The van der Waals surface area contributed by atoms with Gasteiger partial charge in [0, 0.05) is 28.4 Å². The molecule has 0 atom stereocenters. The molecule has 24 heavy (non-hydrogen) atoms. The predicted octanol–water partition coefficient (Wildman–Crippen LogP) is 3.80. The van der Waals surface area contributed by atoms with E-state index in [2.05, 4.69) is 5.32 Å². The molecule has 0 aliphatic rings. The van der Waals surface area contributed by atoms with Crippen molar-refractivity contribution in [3.63, 3.8) is 0 Å². The first-order valence-corrected chi connectivity index (χ1v) is 8.40. The molecular formula is C16H13ClN2O4S. The highest BCUT2D eigenvalue weighted by Crippen LogP contribution is 2.15. The molecule has 0 aromatic heterocycles. The molecule has 2 aromatic rings. The Morgan fingerprint density at radius 1 is 1.04 bits per heavy atom. The van der Waals surface area contributed by atoms with Crippen molar-refractivity contribution in [2.45, 2.75) is 0 Å². The number of amides is 1. The fourth-order valence-corrected chi connectivity index (χ4v) is 2.66. The molecule has 124 valence electrons. The molecular weight excluding hydrogens is 352 g/mol. The second-order valence-corrected chi connectivity index (χ2v) is 6.20. The fraction of sp³-hybridized carbons (Fsp3) is 0.125. The maximum atomic E-state index is 12.0. The molecule has 2 aromatic carbocycles. The lowest BCUT2D eigenvalue weighted by atomic mass is 10.1. The molecule has 2 rings (SSSR count). The largest absolute Gasteiger partial charge is 0.325 e. The van der Waals surface area contributed by atoms with Crippen LogP contribution < -0.4 is 5.32 Å². The molecule has 0 aliphatic heterocycles. The van der Waals surface area contributed by atoms with E-state index in [1.54, 1.807) is 24.3 Å². The molecule has 0 radical (unpaired) electrons. The Morgan fingerprint density at radius 3 is 2.25 bits per heavy atom. The highest BCUT2D eigenvalue weighted by atomic mass is 35.5. The maximum Gasteiger partial charge on any atom is 0.269 e. The molecule has 8 heteroatoms. The van der Waals surface area contributed by atoms with E-state index in [-0.39, 0.29) is 28.9 Å². The summed E-state index contributed by atoms with van der Waals surface area (Å²) in [6, 6.07) is 12.1. The number of thioether (sulfide) groups is 1. The monoisotopic (exact) mass is 364 g/mol. The second kappa shape index (κ2) is 8.47. The quantitative estimate of drug-likeness (QED) is 0.458. The molecule has 0 saturated heterocycles. The Labute approximate surface area is 147 Å². The fourth-order valence-electron chi connectivity index (χ4n) is 1.82. The first kappa shape index (κ1) is 18.0. The summed E-state index contributed by atoms with van der Waals surface area (Å²) < 4.78 is 0. The van der Waals surface area contributed by atoms with Crippen molar-refractivity contribution in [2.24, 2.45) is 0 Å². The minimum atomic E-state index is -0.524. The zero-order chi connectivity index (χ0) is 17.5. The minimum Gasteiger partial charge on any atom is -0.325 e. The first-order chi connectivity index (χ1) is 11.5. The number of Topliss-reactive ketones (excluding diaryl/α,β-unsaturated/α-hetero) is 1. The summed E-state index contributed by atoms with van der Waals surface area (Å²) in [5, 5.41) is 13.8. The highest BCUT2D eigenvalue weighted by molar-refractivity contribution is 8.00. The summed E-state index contributed by atoms with van der Waals surface area (Å²) in [4.78, 5) is 33.8. The standard InChI is InChI=1S/C16H13ClN2O4S/c17-12-3-5-13(6-4-12)18-16(21)10-24-9-15(20)11-1-7-14(8-2-11)19(22)23/h1-8H,9-10H2,(H,18,21). The van der Waals surface area contributed by atoms with Crippen molar-refractivity contribution in [3.8, 4) is 0 Å². The SMILES string of the molecule is O=C(CSCC(=O)c1ccc([N+](=O)[O-])cc1)Nc1ccc(Cl)cc1. The van der Waals surface area contributed by atoms with Gasteiger partial charge >= 0.3 is 0 Å². The second-order valence-electron chi connectivity index (χ2n) is 4.78. The Kier molecular flexibility index (Phi) is 6.34. The van der Waals surface area contributed by atoms with Crippen molar-refractivity contribution in [1.82, 2.24) is 0 Å². The number of rotatable bonds is 7. The number of non-ortho nitro benzene ring substituents is 1. The van der Waals surface area contributed by atoms with Gasteiger partial charge in [0.25, 0.3) is 5.69 Å². The zero-order valence-corrected chi connectivity index (χ0v) is 14.0. The van der Waals surface area contributed by atoms with Crippen LogP contribution in [0.5, 0.6) is 0 Å². The van der Waals surface area contributed by atoms with Gasteiger partial charge in [-0.2, -0.15) is 0 Å². The van der Waals surface area contributed by atoms with E-state index in [0.29, 0.717) is 16.3 Å². The van der Waals surface area contributed by atoms with E-state index in [1.165, 1.54) is 36.0 Å². The van der Waals surface area contributed by atoms with Gasteiger partial charge in [-0.25, -0.2) is 0 Å². The Bertz CT molecular complexity index is 748. The van der Waals surface area contributed by atoms with Crippen LogP contribution in [0.3, 0.4) is 0 Å². The Hall–Kier alpha value is -2.38. The highest BCUT2D eigenvalue weighted by Gasteiger charge is 2.11. The van der Waals surface area contributed by atoms with Gasteiger partial charge in [0.1, 0.15) is 0 Å². The van der Waals surface area contributed by atoms with Crippen molar-refractivity contribution >= 4 is 46.4 Å². The molecule has 0 spiro atoms. The molecule has 1 N–H and O–H groups in total. The van der Waals surface area contributed by atoms with E-state index in [1.807, 2.05) is 0 Å². The number of nitro benzene ring substituents is 1. The summed E-state index contributed by atoms with van der Waals surface area (Å²) >= 11 is 6.94. The number of nitro groups is 1. The molecule has 1 amide bonds. The van der Waals surface area contributed by atoms with Crippen molar-refractivity contribution in [2.75, 3.05) is 16.8 Å². The van der Waals surface area contributed by atoms with Crippen molar-refractivity contribution in [3.05, 3.63) is 69.2 Å².